The van der Waals surface area contributed by atoms with Gasteiger partial charge >= 0.3 is 0 Å². The van der Waals surface area contributed by atoms with Crippen LogP contribution in [0, 0.1) is 0 Å². The standard InChI is InChI=1S/C7H13NO.C7H11N.CH4/c1-6(2)8-5-3-4-7(8)9;1-7(2)8-5-3-4-6-8;/h6H,3-5H2,1-2H3;3-7H,1-2H3;1H4. The van der Waals surface area contributed by atoms with Gasteiger partial charge < -0.3 is 9.47 Å². The summed E-state index contributed by atoms with van der Waals surface area (Å²) in [5.41, 5.74) is 0. The van der Waals surface area contributed by atoms with E-state index in [4.69, 9.17) is 0 Å². The third kappa shape index (κ3) is 4.94. The molecule has 1 saturated heterocycles. The third-order valence-corrected chi connectivity index (χ3v) is 2.96. The molecule has 0 atom stereocenters. The quantitative estimate of drug-likeness (QED) is 0.787. The number of rotatable bonds is 2. The van der Waals surface area contributed by atoms with Crippen LogP contribution in [0.25, 0.3) is 0 Å². The molecule has 1 aliphatic heterocycles. The zero-order valence-corrected chi connectivity index (χ0v) is 11.4. The first-order valence-electron chi connectivity index (χ1n) is 6.44. The van der Waals surface area contributed by atoms with Gasteiger partial charge in [-0.1, -0.05) is 7.43 Å². The van der Waals surface area contributed by atoms with E-state index in [0.717, 1.165) is 19.4 Å². The van der Waals surface area contributed by atoms with Crippen molar-refractivity contribution in [1.82, 2.24) is 9.47 Å². The third-order valence-electron chi connectivity index (χ3n) is 2.96. The first-order chi connectivity index (χ1) is 8.02. The smallest absolute Gasteiger partial charge is 0.222 e. The minimum absolute atomic E-state index is 0. The molecule has 1 aromatic heterocycles. The number of nitrogens with zero attached hydrogens (tertiary/aromatic N) is 2. The van der Waals surface area contributed by atoms with Gasteiger partial charge in [0.25, 0.3) is 0 Å². The second-order valence-corrected chi connectivity index (χ2v) is 5.01. The van der Waals surface area contributed by atoms with E-state index in [-0.39, 0.29) is 7.43 Å². The van der Waals surface area contributed by atoms with Gasteiger partial charge in [0.1, 0.15) is 0 Å². The molecule has 0 N–H and O–H groups in total. The molecule has 0 bridgehead atoms. The first kappa shape index (κ1) is 16.8. The maximum atomic E-state index is 10.9. The molecule has 1 aliphatic rings. The Bertz CT molecular complexity index is 328. The number of likely N-dealkylation sites (tertiary alicyclic amines) is 1. The monoisotopic (exact) mass is 252 g/mol. The first-order valence-corrected chi connectivity index (χ1v) is 6.44. The van der Waals surface area contributed by atoms with Crippen LogP contribution in [0.15, 0.2) is 24.5 Å². The fraction of sp³-hybridized carbons (Fsp3) is 0.667. The molecule has 1 aromatic rings. The molecule has 104 valence electrons. The van der Waals surface area contributed by atoms with Gasteiger partial charge in [-0.3, -0.25) is 4.79 Å². The molecule has 0 saturated carbocycles. The Morgan fingerprint density at radius 1 is 1.06 bits per heavy atom. The molecular formula is C15H28N2O. The van der Waals surface area contributed by atoms with Crippen LogP contribution in [-0.4, -0.2) is 28.0 Å². The molecule has 0 spiro atoms. The number of amides is 1. The van der Waals surface area contributed by atoms with E-state index < -0.39 is 0 Å². The molecule has 18 heavy (non-hydrogen) atoms. The van der Waals surface area contributed by atoms with Crippen molar-refractivity contribution in [1.29, 1.82) is 0 Å². The van der Waals surface area contributed by atoms with Crippen molar-refractivity contribution in [2.75, 3.05) is 6.54 Å². The van der Waals surface area contributed by atoms with E-state index in [0.29, 0.717) is 18.0 Å². The summed E-state index contributed by atoms with van der Waals surface area (Å²) in [7, 11) is 0. The van der Waals surface area contributed by atoms with Crippen molar-refractivity contribution in [3.05, 3.63) is 24.5 Å². The maximum Gasteiger partial charge on any atom is 0.222 e. The largest absolute Gasteiger partial charge is 0.352 e. The van der Waals surface area contributed by atoms with Gasteiger partial charge in [-0.05, 0) is 46.2 Å². The highest BCUT2D eigenvalue weighted by Gasteiger charge is 2.21. The Morgan fingerprint density at radius 2 is 1.61 bits per heavy atom. The van der Waals surface area contributed by atoms with Crippen molar-refractivity contribution >= 4 is 5.91 Å². The summed E-state index contributed by atoms with van der Waals surface area (Å²) in [4.78, 5) is 12.9. The number of hydrogen-bond acceptors (Lipinski definition) is 1. The number of aromatic nitrogens is 1. The van der Waals surface area contributed by atoms with E-state index in [1.807, 2.05) is 17.0 Å². The van der Waals surface area contributed by atoms with Gasteiger partial charge in [0, 0.05) is 37.4 Å². The number of hydrogen-bond donors (Lipinski definition) is 0. The summed E-state index contributed by atoms with van der Waals surface area (Å²) in [6.07, 6.45) is 5.96. The Hall–Kier alpha value is -1.25. The van der Waals surface area contributed by atoms with Crippen LogP contribution in [0.1, 0.15) is 54.0 Å². The normalized spacial score (nSPS) is 14.6. The second-order valence-electron chi connectivity index (χ2n) is 5.01. The van der Waals surface area contributed by atoms with E-state index >= 15 is 0 Å². The predicted octanol–water partition coefficient (Wildman–Crippen LogP) is 3.72. The number of carbonyl (C=O) groups is 1. The average molecular weight is 252 g/mol. The zero-order chi connectivity index (χ0) is 12.8. The molecule has 1 fully saturated rings. The molecule has 0 unspecified atom stereocenters. The van der Waals surface area contributed by atoms with E-state index in [1.54, 1.807) is 0 Å². The molecule has 0 radical (unpaired) electrons. The van der Waals surface area contributed by atoms with Crippen LogP contribution in [0.4, 0.5) is 0 Å². The SMILES string of the molecule is C.CC(C)N1CCCC1=O.CC(C)n1cccc1. The highest BCUT2D eigenvalue weighted by Crippen LogP contribution is 2.12. The molecular weight excluding hydrogens is 224 g/mol. The van der Waals surface area contributed by atoms with Crippen molar-refractivity contribution in [3.8, 4) is 0 Å². The molecule has 1 amide bonds. The molecule has 3 heteroatoms. The van der Waals surface area contributed by atoms with Crippen molar-refractivity contribution in [2.45, 2.75) is 60.0 Å². The van der Waals surface area contributed by atoms with Crippen molar-refractivity contribution in [2.24, 2.45) is 0 Å². The average Bonchev–Trinajstić information content (AvgIpc) is 2.87. The maximum absolute atomic E-state index is 10.9. The molecule has 2 heterocycles. The van der Waals surface area contributed by atoms with Crippen molar-refractivity contribution < 1.29 is 4.79 Å². The summed E-state index contributed by atoms with van der Waals surface area (Å²) >= 11 is 0. The lowest BCUT2D eigenvalue weighted by Gasteiger charge is -2.19. The van der Waals surface area contributed by atoms with E-state index in [1.165, 1.54) is 0 Å². The summed E-state index contributed by atoms with van der Waals surface area (Å²) in [5.74, 6) is 0.324. The van der Waals surface area contributed by atoms with Crippen LogP contribution < -0.4 is 0 Å². The lowest BCUT2D eigenvalue weighted by atomic mass is 10.3. The second kappa shape index (κ2) is 7.96. The summed E-state index contributed by atoms with van der Waals surface area (Å²) in [6, 6.07) is 5.09. The van der Waals surface area contributed by atoms with Gasteiger partial charge in [0.2, 0.25) is 5.91 Å². The minimum Gasteiger partial charge on any atom is -0.352 e. The van der Waals surface area contributed by atoms with Gasteiger partial charge in [-0.25, -0.2) is 0 Å². The lowest BCUT2D eigenvalue weighted by molar-refractivity contribution is -0.129. The van der Waals surface area contributed by atoms with Gasteiger partial charge in [-0.15, -0.1) is 0 Å². The molecule has 2 rings (SSSR count). The topological polar surface area (TPSA) is 25.2 Å². The van der Waals surface area contributed by atoms with Gasteiger partial charge in [0.05, 0.1) is 0 Å². The fourth-order valence-corrected chi connectivity index (χ4v) is 1.91. The molecule has 0 aliphatic carbocycles. The molecule has 3 nitrogen and oxygen atoms in total. The van der Waals surface area contributed by atoms with Crippen LogP contribution in [0.3, 0.4) is 0 Å². The van der Waals surface area contributed by atoms with Crippen LogP contribution in [-0.2, 0) is 4.79 Å². The number of carbonyl (C=O) groups excluding carboxylic acids is 1. The van der Waals surface area contributed by atoms with Crippen LogP contribution in [0.5, 0.6) is 0 Å². The van der Waals surface area contributed by atoms with Gasteiger partial charge in [-0.2, -0.15) is 0 Å². The zero-order valence-electron chi connectivity index (χ0n) is 11.4. The molecule has 0 aromatic carbocycles. The summed E-state index contributed by atoms with van der Waals surface area (Å²) in [6.45, 7) is 9.42. The Balaban J connectivity index is 0.000000306. The lowest BCUT2D eigenvalue weighted by Crippen LogP contribution is -2.31. The van der Waals surface area contributed by atoms with E-state index in [2.05, 4.69) is 44.7 Å². The fourth-order valence-electron chi connectivity index (χ4n) is 1.91. The highest BCUT2D eigenvalue weighted by atomic mass is 16.2. The van der Waals surface area contributed by atoms with Crippen molar-refractivity contribution in [3.63, 3.8) is 0 Å². The Labute approximate surface area is 112 Å². The predicted molar refractivity (Wildman–Crippen MR) is 77.6 cm³/mol. The van der Waals surface area contributed by atoms with Gasteiger partial charge in [0.15, 0.2) is 0 Å². The summed E-state index contributed by atoms with van der Waals surface area (Å²) < 4.78 is 2.17. The summed E-state index contributed by atoms with van der Waals surface area (Å²) in [5, 5.41) is 0. The van der Waals surface area contributed by atoms with Crippen LogP contribution >= 0.6 is 0 Å². The van der Waals surface area contributed by atoms with E-state index in [9.17, 15) is 4.79 Å². The Morgan fingerprint density at radius 3 is 1.83 bits per heavy atom. The van der Waals surface area contributed by atoms with Crippen LogP contribution in [0.2, 0.25) is 0 Å². The highest BCUT2D eigenvalue weighted by molar-refractivity contribution is 5.78. The minimum atomic E-state index is 0. The Kier molecular flexibility index (Phi) is 7.41.